The molecule has 0 spiro atoms. The molecule has 0 unspecified atom stereocenters. The van der Waals surface area contributed by atoms with E-state index in [2.05, 4.69) is 5.32 Å². The molecule has 0 saturated heterocycles. The van der Waals surface area contributed by atoms with Crippen molar-refractivity contribution in [1.29, 1.82) is 0 Å². The molecule has 3 nitrogen and oxygen atoms in total. The monoisotopic (exact) mass is 304 g/mol. The lowest BCUT2D eigenvalue weighted by Crippen LogP contribution is -2.27. The summed E-state index contributed by atoms with van der Waals surface area (Å²) in [7, 11) is 0. The van der Waals surface area contributed by atoms with Crippen LogP contribution in [0, 0.1) is 0 Å². The highest BCUT2D eigenvalue weighted by Crippen LogP contribution is 2.34. The molecule has 1 rings (SSSR count). The summed E-state index contributed by atoms with van der Waals surface area (Å²) in [5.74, 6) is 0. The summed E-state index contributed by atoms with van der Waals surface area (Å²) < 4.78 is 39.6. The number of nitrogens with zero attached hydrogens (tertiary/aromatic N) is 1. The molecule has 1 aromatic rings. The second-order valence-corrected chi connectivity index (χ2v) is 5.18. The molecule has 0 bridgehead atoms. The topological polar surface area (TPSA) is 35.5 Å². The van der Waals surface area contributed by atoms with E-state index in [9.17, 15) is 13.2 Å². The van der Waals surface area contributed by atoms with Crippen molar-refractivity contribution in [2.75, 3.05) is 24.6 Å². The third kappa shape index (κ3) is 5.21. The van der Waals surface area contributed by atoms with E-state index in [-0.39, 0.29) is 24.8 Å². The van der Waals surface area contributed by atoms with Gasteiger partial charge in [-0.15, -0.1) is 0 Å². The molecule has 0 aliphatic rings. The van der Waals surface area contributed by atoms with Crippen LogP contribution < -0.4 is 10.2 Å². The molecular weight excluding hydrogens is 281 g/mol. The van der Waals surface area contributed by atoms with Crippen molar-refractivity contribution in [1.82, 2.24) is 5.32 Å². The smallest absolute Gasteiger partial charge is 0.395 e. The largest absolute Gasteiger partial charge is 0.416 e. The summed E-state index contributed by atoms with van der Waals surface area (Å²) >= 11 is 0. The first-order chi connectivity index (χ1) is 9.79. The van der Waals surface area contributed by atoms with E-state index in [1.54, 1.807) is 11.0 Å². The van der Waals surface area contributed by atoms with Crippen LogP contribution >= 0.6 is 0 Å². The van der Waals surface area contributed by atoms with Crippen molar-refractivity contribution in [3.63, 3.8) is 0 Å². The zero-order valence-corrected chi connectivity index (χ0v) is 12.7. The Morgan fingerprint density at radius 2 is 1.95 bits per heavy atom. The Morgan fingerprint density at radius 3 is 2.43 bits per heavy atom. The predicted octanol–water partition coefficient (Wildman–Crippen LogP) is 3.02. The second-order valence-electron chi connectivity index (χ2n) is 5.18. The third-order valence-electron chi connectivity index (χ3n) is 3.22. The number of hydrogen-bond acceptors (Lipinski definition) is 3. The number of aliphatic hydroxyl groups is 1. The normalized spacial score (nSPS) is 12.0. The number of alkyl halides is 3. The molecule has 0 amide bonds. The molecule has 1 aromatic carbocycles. The van der Waals surface area contributed by atoms with Crippen LogP contribution in [0.1, 0.15) is 31.9 Å². The molecule has 0 saturated carbocycles. The minimum atomic E-state index is -4.39. The summed E-state index contributed by atoms with van der Waals surface area (Å²) in [4.78, 5) is 1.72. The van der Waals surface area contributed by atoms with Crippen molar-refractivity contribution in [3.05, 3.63) is 29.3 Å². The zero-order valence-electron chi connectivity index (χ0n) is 12.7. The van der Waals surface area contributed by atoms with Gasteiger partial charge in [0, 0.05) is 31.4 Å². The number of anilines is 1. The molecule has 21 heavy (non-hydrogen) atoms. The quantitative estimate of drug-likeness (QED) is 0.813. The Labute approximate surface area is 123 Å². The first kappa shape index (κ1) is 17.8. The summed E-state index contributed by atoms with van der Waals surface area (Å²) in [6.45, 7) is 6.57. The van der Waals surface area contributed by atoms with Gasteiger partial charge in [0.05, 0.1) is 12.2 Å². The molecule has 0 fully saturated rings. The highest BCUT2D eigenvalue weighted by atomic mass is 19.4. The number of likely N-dealkylation sites (N-methyl/N-ethyl adjacent to an activating group) is 1. The molecule has 120 valence electrons. The fourth-order valence-corrected chi connectivity index (χ4v) is 2.08. The number of hydrogen-bond donors (Lipinski definition) is 2. The summed E-state index contributed by atoms with van der Waals surface area (Å²) in [6, 6.07) is 4.46. The van der Waals surface area contributed by atoms with Crippen LogP contribution in [0.25, 0.3) is 0 Å². The van der Waals surface area contributed by atoms with E-state index in [1.165, 1.54) is 6.07 Å². The molecule has 0 heterocycles. The molecule has 6 heteroatoms. The van der Waals surface area contributed by atoms with Crippen molar-refractivity contribution in [2.45, 2.75) is 39.5 Å². The first-order valence-corrected chi connectivity index (χ1v) is 7.08. The van der Waals surface area contributed by atoms with Gasteiger partial charge in [0.1, 0.15) is 0 Å². The molecule has 0 aliphatic heterocycles. The molecular formula is C15H23F3N2O. The molecule has 0 aliphatic carbocycles. The van der Waals surface area contributed by atoms with Crippen LogP contribution in [0.4, 0.5) is 18.9 Å². The Kier molecular flexibility index (Phi) is 6.48. The fourth-order valence-electron chi connectivity index (χ4n) is 2.08. The van der Waals surface area contributed by atoms with E-state index in [0.29, 0.717) is 18.8 Å². The lowest BCUT2D eigenvalue weighted by Gasteiger charge is -2.24. The van der Waals surface area contributed by atoms with Crippen molar-refractivity contribution < 1.29 is 18.3 Å². The van der Waals surface area contributed by atoms with Crippen molar-refractivity contribution >= 4 is 5.69 Å². The first-order valence-electron chi connectivity index (χ1n) is 7.08. The molecule has 0 aromatic heterocycles. The Bertz CT molecular complexity index is 447. The Balaban J connectivity index is 3.12. The third-order valence-corrected chi connectivity index (χ3v) is 3.22. The number of nitrogens with one attached hydrogen (secondary N) is 1. The standard InChI is InChI=1S/C15H23F3N2O/c1-4-20(7-8-21)13-6-5-12(10-19-11(2)3)14(9-13)15(16,17)18/h5-6,9,11,19,21H,4,7-8,10H2,1-3H3. The SMILES string of the molecule is CCN(CCO)c1ccc(CNC(C)C)c(C(F)(F)F)c1. The number of benzene rings is 1. The van der Waals surface area contributed by atoms with Crippen LogP contribution in [0.5, 0.6) is 0 Å². The van der Waals surface area contributed by atoms with Crippen LogP contribution in [-0.4, -0.2) is 30.8 Å². The van der Waals surface area contributed by atoms with E-state index in [4.69, 9.17) is 5.11 Å². The molecule has 0 atom stereocenters. The molecule has 2 N–H and O–H groups in total. The minimum absolute atomic E-state index is 0.0914. The predicted molar refractivity (Wildman–Crippen MR) is 78.4 cm³/mol. The summed E-state index contributed by atoms with van der Waals surface area (Å²) in [5.41, 5.74) is 0.0942. The number of rotatable bonds is 7. The van der Waals surface area contributed by atoms with Crippen molar-refractivity contribution in [2.24, 2.45) is 0 Å². The summed E-state index contributed by atoms with van der Waals surface area (Å²) in [5, 5.41) is 12.0. The zero-order chi connectivity index (χ0) is 16.0. The van der Waals surface area contributed by atoms with Gasteiger partial charge >= 0.3 is 6.18 Å². The van der Waals surface area contributed by atoms with Crippen LogP contribution in [-0.2, 0) is 12.7 Å². The fraction of sp³-hybridized carbons (Fsp3) is 0.600. The number of aliphatic hydroxyl groups excluding tert-OH is 1. The van der Waals surface area contributed by atoms with Gasteiger partial charge in [-0.05, 0) is 24.6 Å². The Hall–Kier alpha value is -1.27. The van der Waals surface area contributed by atoms with Gasteiger partial charge in [0.15, 0.2) is 0 Å². The van der Waals surface area contributed by atoms with Gasteiger partial charge in [-0.25, -0.2) is 0 Å². The second kappa shape index (κ2) is 7.66. The van der Waals surface area contributed by atoms with E-state index >= 15 is 0 Å². The van der Waals surface area contributed by atoms with E-state index in [1.807, 2.05) is 20.8 Å². The van der Waals surface area contributed by atoms with Crippen molar-refractivity contribution in [3.8, 4) is 0 Å². The lowest BCUT2D eigenvalue weighted by molar-refractivity contribution is -0.138. The van der Waals surface area contributed by atoms with Crippen LogP contribution in [0.3, 0.4) is 0 Å². The molecule has 0 radical (unpaired) electrons. The Morgan fingerprint density at radius 1 is 1.29 bits per heavy atom. The van der Waals surface area contributed by atoms with E-state index < -0.39 is 11.7 Å². The average molecular weight is 304 g/mol. The van der Waals surface area contributed by atoms with Gasteiger partial charge in [0.2, 0.25) is 0 Å². The average Bonchev–Trinajstić information content (AvgIpc) is 2.41. The maximum absolute atomic E-state index is 13.2. The highest BCUT2D eigenvalue weighted by Gasteiger charge is 2.33. The maximum atomic E-state index is 13.2. The highest BCUT2D eigenvalue weighted by molar-refractivity contribution is 5.52. The van der Waals surface area contributed by atoms with Gasteiger partial charge in [0.25, 0.3) is 0 Å². The van der Waals surface area contributed by atoms with Crippen LogP contribution in [0.15, 0.2) is 18.2 Å². The van der Waals surface area contributed by atoms with Crippen LogP contribution in [0.2, 0.25) is 0 Å². The van der Waals surface area contributed by atoms with E-state index in [0.717, 1.165) is 6.07 Å². The van der Waals surface area contributed by atoms with Gasteiger partial charge in [-0.1, -0.05) is 19.9 Å². The van der Waals surface area contributed by atoms with Gasteiger partial charge in [-0.3, -0.25) is 0 Å². The maximum Gasteiger partial charge on any atom is 0.416 e. The van der Waals surface area contributed by atoms with Gasteiger partial charge < -0.3 is 15.3 Å². The number of halogens is 3. The van der Waals surface area contributed by atoms with Gasteiger partial charge in [-0.2, -0.15) is 13.2 Å². The lowest BCUT2D eigenvalue weighted by atomic mass is 10.0. The minimum Gasteiger partial charge on any atom is -0.395 e. The summed E-state index contributed by atoms with van der Waals surface area (Å²) in [6.07, 6.45) is -4.39.